The molecule has 0 aromatic rings. The van der Waals surface area contributed by atoms with Gasteiger partial charge in [-0.15, -0.1) is 0 Å². The van der Waals surface area contributed by atoms with Crippen molar-refractivity contribution in [2.45, 2.75) is 25.7 Å². The van der Waals surface area contributed by atoms with Crippen molar-refractivity contribution in [1.82, 2.24) is 0 Å². The van der Waals surface area contributed by atoms with Gasteiger partial charge in [0.1, 0.15) is 0 Å². The molecular formula is C107H46. The fraction of sp³-hybridized carbons (Fsp3) is 1.00. The van der Waals surface area contributed by atoms with Crippen LogP contribution < -0.4 is 0 Å². The highest BCUT2D eigenvalue weighted by atomic mass is 15.9. The van der Waals surface area contributed by atoms with Gasteiger partial charge in [-0.2, -0.15) is 0 Å². The van der Waals surface area contributed by atoms with Gasteiger partial charge in [-0.1, -0.05) is 0 Å². The van der Waals surface area contributed by atoms with Crippen LogP contribution in [0.25, 0.3) is 0 Å². The van der Waals surface area contributed by atoms with Crippen LogP contribution in [-0.2, 0) is 0 Å². The lowest BCUT2D eigenvalue weighted by atomic mass is 8.21. The van der Waals surface area contributed by atoms with Gasteiger partial charge in [-0.25, -0.2) is 0 Å². The Balaban J connectivity index is 0.566. The number of rotatable bonds is 0. The van der Waals surface area contributed by atoms with E-state index in [1.54, 1.807) is 0 Å². The molecule has 0 amide bonds. The molecule has 85 saturated carbocycles. The molecule has 474 valence electrons. The summed E-state index contributed by atoms with van der Waals surface area (Å²) in [6.45, 7) is 0. The molecule has 0 heteroatoms. The minimum Gasteiger partial charge on any atom is -0.0461 e. The predicted molar refractivity (Wildman–Crippen MR) is 328 cm³/mol. The van der Waals surface area contributed by atoms with Crippen molar-refractivity contribution in [3.63, 3.8) is 0 Å². The highest BCUT2D eigenvalue weighted by molar-refractivity contribution is 6.85. The third kappa shape index (κ3) is 0.602. The third-order valence-corrected chi connectivity index (χ3v) is 101. The highest BCUT2D eigenvalue weighted by Crippen LogP contribution is 3.93. The Morgan fingerprint density at radius 1 is 0.0935 bits per heavy atom. The zero-order valence-corrected chi connectivity index (χ0v) is 57.3. The molecule has 0 heterocycles. The van der Waals surface area contributed by atoms with E-state index in [4.69, 9.17) is 0 Å². The van der Waals surface area contributed by atoms with Gasteiger partial charge in [0.05, 0.1) is 0 Å². The highest BCUT2D eigenvalue weighted by Gasteiger charge is 3.88. The van der Waals surface area contributed by atoms with Crippen molar-refractivity contribution >= 4 is 0 Å². The van der Waals surface area contributed by atoms with Crippen molar-refractivity contribution < 1.29 is 0 Å². The lowest BCUT2D eigenvalue weighted by Gasteiger charge is -3.81. The van der Waals surface area contributed by atoms with Crippen molar-refractivity contribution in [1.29, 1.82) is 0 Å². The van der Waals surface area contributed by atoms with E-state index in [2.05, 4.69) is 0 Å². The zero-order valence-electron chi connectivity index (χ0n) is 57.3. The maximum atomic E-state index is 1.99. The predicted octanol–water partition coefficient (Wildman–Crippen LogP) is 8.10. The Bertz CT molecular complexity index is 8650. The first-order chi connectivity index (χ1) is 53.3. The molecule has 85 aliphatic carbocycles. The summed E-state index contributed by atoms with van der Waals surface area (Å²) >= 11 is 0. The summed E-state index contributed by atoms with van der Waals surface area (Å²) in [6.07, 6.45) is 7.85. The van der Waals surface area contributed by atoms with Gasteiger partial charge in [0, 0.05) is 0 Å². The first-order valence-electron chi connectivity index (χ1n) is 53.3. The fourth-order valence-corrected chi connectivity index (χ4v) is 134. The van der Waals surface area contributed by atoms with Crippen LogP contribution in [0.15, 0.2) is 0 Å². The lowest BCUT2D eigenvalue weighted by molar-refractivity contribution is -1.14. The normalized spacial score (nSPS) is 156. The van der Waals surface area contributed by atoms with Crippen molar-refractivity contribution in [2.24, 2.45) is 452 Å². The summed E-state index contributed by atoms with van der Waals surface area (Å²) in [5, 5.41) is 0. The van der Waals surface area contributed by atoms with Crippen LogP contribution in [0.2, 0.25) is 0 Å². The van der Waals surface area contributed by atoms with Gasteiger partial charge in [0.15, 0.2) is 0 Å². The summed E-state index contributed by atoms with van der Waals surface area (Å²) in [6, 6.07) is 0. The summed E-state index contributed by atoms with van der Waals surface area (Å²) in [7, 11) is 0. The Labute approximate surface area is 598 Å². The number of hydrogen-bond donors (Lipinski definition) is 0. The van der Waals surface area contributed by atoms with Crippen LogP contribution in [0, 0.1) is 577 Å². The van der Waals surface area contributed by atoms with Crippen LogP contribution in [0.4, 0.5) is 0 Å². The smallest absolute Gasteiger partial charge is 0.0000249 e. The Kier molecular flexibility index (Phi) is 1.39. The SMILES string of the molecule is C1C2C3C4C5C6CC7C8C9C%10C%11C%12C%13C%14C%15C%16C%17C%18C%19CC%20C%21CC%22C%23C%24C%25C%26C%27C%28C%29C%30C%31C%32C%33C1C21C32C43C54C67C85C96C%107C%118C%129C%13%10C%14%11C%15%12C%16%13C%17%14C%18%15C%19%16C%20C%17C%18C%19C%21C%22%20C%19%21C%18%19C%17%16C%15%16C%19%15C%21%17C%23%20C%24%18C%25%19C%26%20C%27%21C%28%22C%29%23C%30%24C%31%25C%32%26C%331C21C32C45C63C74C85C96C%107C%118C%129C%13%10C%14%16C%15%11C%18%17C%19%12C%20%13C%21%14C%22%15C%23%16C%24%17C%25%18C%261C23C%184C%175C%166C%157C%148C%139C%12%10%11. The van der Waals surface area contributed by atoms with E-state index in [9.17, 15) is 0 Å². The molecule has 0 aromatic carbocycles. The van der Waals surface area contributed by atoms with E-state index in [1.165, 1.54) is 360 Å². The van der Waals surface area contributed by atoms with Crippen LogP contribution in [0.3, 0.4) is 0 Å². The molecule has 0 N–H and O–H groups in total. The van der Waals surface area contributed by atoms with Crippen LogP contribution >= 0.6 is 0 Å². The van der Waals surface area contributed by atoms with Crippen LogP contribution in [0.1, 0.15) is 25.7 Å². The molecule has 0 aromatic heterocycles. The maximum Gasteiger partial charge on any atom is -0.0000249 e. The molecular weight excluding hydrogens is 1290 g/mol. The molecule has 88 atom stereocenters. The van der Waals surface area contributed by atoms with Gasteiger partial charge < -0.3 is 0 Å². The Hall–Kier alpha value is 0. The molecule has 65 spiro atoms. The van der Waals surface area contributed by atoms with E-state index in [0.29, 0.717) is 0 Å². The monoisotopic (exact) mass is 1330 g/mol. The van der Waals surface area contributed by atoms with Gasteiger partial charge in [0.25, 0.3) is 0 Å². The van der Waals surface area contributed by atoms with E-state index in [0.717, 1.165) is 217 Å². The zero-order chi connectivity index (χ0) is 57.3. The molecule has 0 bridgehead atoms. The van der Waals surface area contributed by atoms with Crippen LogP contribution in [-0.4, -0.2) is 0 Å². The lowest BCUT2D eigenvalue weighted by Crippen LogP contribution is -3.77. The van der Waals surface area contributed by atoms with Crippen molar-refractivity contribution in [2.75, 3.05) is 0 Å². The largest absolute Gasteiger partial charge is 0.0461 e. The Morgan fingerprint density at radius 2 is 0.224 bits per heavy atom. The van der Waals surface area contributed by atoms with E-state index < -0.39 is 0 Å². The van der Waals surface area contributed by atoms with Gasteiger partial charge in [-0.05, 0) is 603 Å². The van der Waals surface area contributed by atoms with Gasteiger partial charge in [0.2, 0.25) is 0 Å². The topological polar surface area (TPSA) is 0 Å². The molecule has 85 aliphatic rings. The molecule has 107 heavy (non-hydrogen) atoms. The third-order valence-electron chi connectivity index (χ3n) is 101. The quantitative estimate of drug-likeness (QED) is 0.230. The second-order valence-corrected chi connectivity index (χ2v) is 72.5. The van der Waals surface area contributed by atoms with E-state index in [1.807, 2.05) is 25.7 Å². The summed E-state index contributed by atoms with van der Waals surface area (Å²) in [4.78, 5) is 0. The van der Waals surface area contributed by atoms with E-state index >= 15 is 0 Å². The van der Waals surface area contributed by atoms with Gasteiger partial charge in [-0.3, -0.25) is 0 Å². The molecule has 0 saturated heterocycles. The molecule has 0 nitrogen and oxygen atoms in total. The molecule has 0 radical (unpaired) electrons. The van der Waals surface area contributed by atoms with Crippen LogP contribution in [0.5, 0.6) is 0 Å². The minimum atomic E-state index is 1.09. The first kappa shape index (κ1) is 33.0. The second-order valence-electron chi connectivity index (χ2n) is 72.5. The summed E-state index contributed by atoms with van der Waals surface area (Å²) < 4.78 is 0. The number of hydrogen-bond acceptors (Lipinski definition) is 0. The summed E-state index contributed by atoms with van der Waals surface area (Å²) in [5.41, 5.74) is 74.9. The summed E-state index contributed by atoms with van der Waals surface area (Å²) in [5.74, 6) is 55.2. The second kappa shape index (κ2) is 4.53. The van der Waals surface area contributed by atoms with Crippen molar-refractivity contribution in [3.05, 3.63) is 125 Å². The van der Waals surface area contributed by atoms with Crippen molar-refractivity contribution in [3.8, 4) is 0 Å². The minimum absolute atomic E-state index is 1.09. The molecule has 88 unspecified atom stereocenters. The molecule has 85 fully saturated rings. The Morgan fingerprint density at radius 3 is 0.458 bits per heavy atom. The molecule has 0 aliphatic heterocycles. The van der Waals surface area contributed by atoms with E-state index in [-0.39, 0.29) is 0 Å². The van der Waals surface area contributed by atoms with Gasteiger partial charge >= 0.3 is 0 Å². The standard InChI is InChI=1S/C107H46/c1-5-6-2-8-16-25-30-34-38-42-40-36-32-27-20-12-4-10-18-23-17-9-3-11-19-26-31-35-39-41-37-33-29-24-15-7(1)45-13(5)21-28-22-14(6)46(8)52(16)60(25)64(30)68(34)72(38)74(42)70(40)66(36)62(32)58(27)50(20)44(10,12)48(18)55(23)47(17)43(9,11)49(19)57(26)61(31)65(35)69(39)73(41)71(37)67(33)63(29)59(24)51(15,45)77-53(21,45)56(28)54(22,46)78(52)80(56,77)100-83(59,77)87(63)91(67)95(71)97(73)93(69)89(65)85(61)81(57)75(47,49)79(55)76(48,50)82(58)86(62)90(66)94(70)98(74)96(72)92(68)88(64,84(60,78)100)102(87,100)104(91,92)106(95,96)107(97,98)105(93,94)103(89,90)101(85,86)99(79,81)82/h5-42H,1-4H2. The number of fused-ring (bicyclic) bond motifs is 29. The average molecular weight is 1330 g/mol. The fourth-order valence-electron chi connectivity index (χ4n) is 134. The first-order valence-corrected chi connectivity index (χ1v) is 53.3. The average Bonchev–Trinajstić information content (AvgIpc) is 0.427. The molecule has 85 rings (SSSR count). The maximum absolute atomic E-state index is 1.99.